The molecule has 3 N–H and O–H groups in total. The number of carboxylic acid groups (broad SMARTS) is 1. The Morgan fingerprint density at radius 3 is 2.83 bits per heavy atom. The maximum atomic E-state index is 10.7. The maximum Gasteiger partial charge on any atom is 0.351 e. The second-order valence-electron chi connectivity index (χ2n) is 3.64. The molecule has 0 saturated carbocycles. The Bertz CT molecular complexity index is 699. The Morgan fingerprint density at radius 2 is 2.17 bits per heavy atom. The molecule has 0 saturated heterocycles. The SMILES string of the molecule is N#Cc1nc2ccccc2cc1/C=C(/N)C(=O)O. The molecule has 0 aliphatic carbocycles. The van der Waals surface area contributed by atoms with Gasteiger partial charge in [-0.1, -0.05) is 18.2 Å². The van der Waals surface area contributed by atoms with Crippen molar-refractivity contribution >= 4 is 22.9 Å². The Morgan fingerprint density at radius 1 is 1.44 bits per heavy atom. The van der Waals surface area contributed by atoms with Crippen LogP contribution in [0.15, 0.2) is 36.0 Å². The van der Waals surface area contributed by atoms with Crippen molar-refractivity contribution in [3.05, 3.63) is 47.3 Å². The fraction of sp³-hybridized carbons (Fsp3) is 0. The van der Waals surface area contributed by atoms with Crippen molar-refractivity contribution in [1.29, 1.82) is 5.26 Å². The third-order valence-electron chi connectivity index (χ3n) is 2.42. The van der Waals surface area contributed by atoms with Crippen molar-refractivity contribution in [1.82, 2.24) is 4.98 Å². The first kappa shape index (κ1) is 11.6. The molecule has 0 unspecified atom stereocenters. The lowest BCUT2D eigenvalue weighted by molar-refractivity contribution is -0.132. The van der Waals surface area contributed by atoms with Crippen LogP contribution in [0.25, 0.3) is 17.0 Å². The number of nitrogens with zero attached hydrogens (tertiary/aromatic N) is 2. The molecular weight excluding hydrogens is 230 g/mol. The summed E-state index contributed by atoms with van der Waals surface area (Å²) in [5.41, 5.74) is 6.24. The number of carboxylic acids is 1. The van der Waals surface area contributed by atoms with Crippen LogP contribution in [-0.4, -0.2) is 16.1 Å². The van der Waals surface area contributed by atoms with Gasteiger partial charge >= 0.3 is 5.97 Å². The molecule has 2 aromatic rings. The van der Waals surface area contributed by atoms with Gasteiger partial charge in [0, 0.05) is 10.9 Å². The summed E-state index contributed by atoms with van der Waals surface area (Å²) >= 11 is 0. The summed E-state index contributed by atoms with van der Waals surface area (Å²) in [5.74, 6) is -1.23. The van der Waals surface area contributed by atoms with Gasteiger partial charge in [0.05, 0.1) is 5.52 Å². The van der Waals surface area contributed by atoms with Gasteiger partial charge in [-0.2, -0.15) is 5.26 Å². The maximum absolute atomic E-state index is 10.7. The van der Waals surface area contributed by atoms with Crippen LogP contribution in [0, 0.1) is 11.3 Å². The molecule has 2 rings (SSSR count). The highest BCUT2D eigenvalue weighted by Crippen LogP contribution is 2.18. The molecule has 0 aliphatic heterocycles. The summed E-state index contributed by atoms with van der Waals surface area (Å²) in [5, 5.41) is 18.5. The molecule has 0 spiro atoms. The summed E-state index contributed by atoms with van der Waals surface area (Å²) in [7, 11) is 0. The minimum atomic E-state index is -1.23. The molecule has 0 atom stereocenters. The highest BCUT2D eigenvalue weighted by atomic mass is 16.4. The number of hydrogen-bond acceptors (Lipinski definition) is 4. The van der Waals surface area contributed by atoms with E-state index in [1.165, 1.54) is 6.08 Å². The van der Waals surface area contributed by atoms with Gasteiger partial charge in [-0.3, -0.25) is 0 Å². The average Bonchev–Trinajstić information content (AvgIpc) is 2.37. The van der Waals surface area contributed by atoms with E-state index in [2.05, 4.69) is 4.98 Å². The number of aliphatic carboxylic acids is 1. The molecule has 1 heterocycles. The zero-order chi connectivity index (χ0) is 13.1. The molecule has 1 aromatic carbocycles. The number of hydrogen-bond donors (Lipinski definition) is 2. The number of aromatic nitrogens is 1. The number of carbonyl (C=O) groups is 1. The van der Waals surface area contributed by atoms with Crippen LogP contribution in [0.5, 0.6) is 0 Å². The standard InChI is InChI=1S/C13H9N3O2/c14-7-12-9(6-10(15)13(17)18)5-8-3-1-2-4-11(8)16-12/h1-6H,15H2,(H,17,18)/b10-6+. The fourth-order valence-electron chi connectivity index (χ4n) is 1.56. The first-order chi connectivity index (χ1) is 8.61. The average molecular weight is 239 g/mol. The van der Waals surface area contributed by atoms with Gasteiger partial charge in [0.1, 0.15) is 17.5 Å². The minimum absolute atomic E-state index is 0.151. The Kier molecular flexibility index (Phi) is 2.94. The Balaban J connectivity index is 2.67. The lowest BCUT2D eigenvalue weighted by atomic mass is 10.1. The number of nitrogens with two attached hydrogens (primary N) is 1. The molecule has 0 radical (unpaired) electrons. The van der Waals surface area contributed by atoms with E-state index in [0.717, 1.165) is 5.39 Å². The van der Waals surface area contributed by atoms with Crippen molar-refractivity contribution in [3.8, 4) is 6.07 Å². The van der Waals surface area contributed by atoms with Crippen LogP contribution < -0.4 is 5.73 Å². The van der Waals surface area contributed by atoms with E-state index in [-0.39, 0.29) is 11.4 Å². The highest BCUT2D eigenvalue weighted by Gasteiger charge is 2.07. The van der Waals surface area contributed by atoms with Gasteiger partial charge in [0.25, 0.3) is 0 Å². The smallest absolute Gasteiger partial charge is 0.351 e. The molecule has 1 aromatic heterocycles. The van der Waals surface area contributed by atoms with E-state index < -0.39 is 5.97 Å². The lowest BCUT2D eigenvalue weighted by Crippen LogP contribution is -2.09. The quantitative estimate of drug-likeness (QED) is 0.773. The van der Waals surface area contributed by atoms with Crippen LogP contribution in [0.1, 0.15) is 11.3 Å². The van der Waals surface area contributed by atoms with Crippen LogP contribution in [0.3, 0.4) is 0 Å². The topological polar surface area (TPSA) is 100 Å². The first-order valence-electron chi connectivity index (χ1n) is 5.12. The van der Waals surface area contributed by atoms with Crippen LogP contribution >= 0.6 is 0 Å². The number of benzene rings is 1. The van der Waals surface area contributed by atoms with Crippen molar-refractivity contribution in [2.75, 3.05) is 0 Å². The minimum Gasteiger partial charge on any atom is -0.477 e. The largest absolute Gasteiger partial charge is 0.477 e. The van der Waals surface area contributed by atoms with Crippen molar-refractivity contribution in [2.24, 2.45) is 5.73 Å². The van der Waals surface area contributed by atoms with Gasteiger partial charge in [-0.15, -0.1) is 0 Å². The molecular formula is C13H9N3O2. The van der Waals surface area contributed by atoms with E-state index in [4.69, 9.17) is 16.1 Å². The monoisotopic (exact) mass is 239 g/mol. The van der Waals surface area contributed by atoms with Gasteiger partial charge in [-0.25, -0.2) is 9.78 Å². The van der Waals surface area contributed by atoms with Crippen molar-refractivity contribution in [2.45, 2.75) is 0 Å². The second kappa shape index (κ2) is 4.55. The van der Waals surface area contributed by atoms with E-state index in [9.17, 15) is 4.79 Å². The molecule has 18 heavy (non-hydrogen) atoms. The van der Waals surface area contributed by atoms with Gasteiger partial charge in [0.15, 0.2) is 0 Å². The van der Waals surface area contributed by atoms with Crippen LogP contribution in [0.2, 0.25) is 0 Å². The number of rotatable bonds is 2. The van der Waals surface area contributed by atoms with Crippen molar-refractivity contribution in [3.63, 3.8) is 0 Å². The summed E-state index contributed by atoms with van der Waals surface area (Å²) < 4.78 is 0. The number of para-hydroxylation sites is 1. The van der Waals surface area contributed by atoms with E-state index in [0.29, 0.717) is 11.1 Å². The molecule has 0 aliphatic rings. The molecule has 88 valence electrons. The predicted octanol–water partition coefficient (Wildman–Crippen LogP) is 1.49. The Labute approximate surface area is 103 Å². The van der Waals surface area contributed by atoms with Crippen LogP contribution in [0.4, 0.5) is 0 Å². The fourth-order valence-corrected chi connectivity index (χ4v) is 1.56. The Hall–Kier alpha value is -2.87. The zero-order valence-electron chi connectivity index (χ0n) is 9.29. The van der Waals surface area contributed by atoms with E-state index >= 15 is 0 Å². The summed E-state index contributed by atoms with van der Waals surface area (Å²) in [6.45, 7) is 0. The first-order valence-corrected chi connectivity index (χ1v) is 5.12. The van der Waals surface area contributed by atoms with Gasteiger partial charge < -0.3 is 10.8 Å². The third-order valence-corrected chi connectivity index (χ3v) is 2.42. The summed E-state index contributed by atoms with van der Waals surface area (Å²) in [4.78, 5) is 14.8. The van der Waals surface area contributed by atoms with E-state index in [1.807, 2.05) is 24.3 Å². The number of nitriles is 1. The molecule has 0 bridgehead atoms. The predicted molar refractivity (Wildman–Crippen MR) is 66.3 cm³/mol. The van der Waals surface area contributed by atoms with Gasteiger partial charge in [0.2, 0.25) is 0 Å². The molecule has 0 fully saturated rings. The summed E-state index contributed by atoms with van der Waals surface area (Å²) in [6.07, 6.45) is 1.24. The zero-order valence-corrected chi connectivity index (χ0v) is 9.29. The number of fused-ring (bicyclic) bond motifs is 1. The molecule has 0 amide bonds. The molecule has 5 nitrogen and oxygen atoms in total. The normalized spacial score (nSPS) is 11.2. The summed E-state index contributed by atoms with van der Waals surface area (Å²) in [6, 6.07) is 10.9. The van der Waals surface area contributed by atoms with E-state index in [1.54, 1.807) is 12.1 Å². The lowest BCUT2D eigenvalue weighted by Gasteiger charge is -2.02. The van der Waals surface area contributed by atoms with Gasteiger partial charge in [-0.05, 0) is 18.2 Å². The van der Waals surface area contributed by atoms with Crippen molar-refractivity contribution < 1.29 is 9.90 Å². The number of pyridine rings is 1. The van der Waals surface area contributed by atoms with Crippen LogP contribution in [-0.2, 0) is 4.79 Å². The molecule has 5 heteroatoms. The third kappa shape index (κ3) is 2.13. The highest BCUT2D eigenvalue weighted by molar-refractivity contribution is 5.92. The second-order valence-corrected chi connectivity index (χ2v) is 3.64.